The molecule has 1 aliphatic carbocycles. The second kappa shape index (κ2) is 2.25. The van der Waals surface area contributed by atoms with Crippen LogP contribution in [0.25, 0.3) is 0 Å². The minimum atomic E-state index is -0.145. The summed E-state index contributed by atoms with van der Waals surface area (Å²) in [5.74, 6) is 0.433. The molecule has 0 bridgehead atoms. The molecule has 1 atom stereocenters. The Morgan fingerprint density at radius 1 is 1.50 bits per heavy atom. The quantitative estimate of drug-likeness (QED) is 0.624. The first-order chi connectivity index (χ1) is 4.62. The molecule has 1 rings (SSSR count). The van der Waals surface area contributed by atoms with Gasteiger partial charge in [0, 0.05) is 6.04 Å². The molecule has 0 radical (unpaired) electrons. The third-order valence-corrected chi connectivity index (χ3v) is 2.37. The average molecular weight is 138 g/mol. The summed E-state index contributed by atoms with van der Waals surface area (Å²) < 4.78 is 0. The molecule has 2 N–H and O–H groups in total. The lowest BCUT2D eigenvalue weighted by Gasteiger charge is -2.19. The van der Waals surface area contributed by atoms with Crippen LogP contribution in [-0.4, -0.2) is 6.04 Å². The molecule has 2 nitrogen and oxygen atoms in total. The van der Waals surface area contributed by atoms with E-state index in [9.17, 15) is 0 Å². The van der Waals surface area contributed by atoms with Crippen molar-refractivity contribution in [1.29, 1.82) is 5.26 Å². The smallest absolute Gasteiger partial charge is 0.0728 e. The summed E-state index contributed by atoms with van der Waals surface area (Å²) in [6.07, 6.45) is 2.01. The van der Waals surface area contributed by atoms with Crippen LogP contribution in [0.2, 0.25) is 0 Å². The first-order valence-electron chi connectivity index (χ1n) is 3.79. The maximum atomic E-state index is 8.75. The lowest BCUT2D eigenvalue weighted by atomic mass is 9.90. The van der Waals surface area contributed by atoms with Crippen molar-refractivity contribution in [2.75, 3.05) is 0 Å². The number of nitrogens with two attached hydrogens (primary N) is 1. The molecule has 0 saturated heterocycles. The summed E-state index contributed by atoms with van der Waals surface area (Å²) in [4.78, 5) is 0. The van der Waals surface area contributed by atoms with Crippen molar-refractivity contribution in [2.24, 2.45) is 17.1 Å². The monoisotopic (exact) mass is 138 g/mol. The maximum Gasteiger partial charge on any atom is 0.0728 e. The predicted octanol–water partition coefficient (Wildman–Crippen LogP) is 1.27. The third-order valence-electron chi connectivity index (χ3n) is 2.37. The van der Waals surface area contributed by atoms with Crippen molar-refractivity contribution in [3.05, 3.63) is 0 Å². The van der Waals surface area contributed by atoms with E-state index in [1.807, 2.05) is 0 Å². The molecule has 1 fully saturated rings. The first-order valence-corrected chi connectivity index (χ1v) is 3.79. The van der Waals surface area contributed by atoms with Gasteiger partial charge in [-0.05, 0) is 18.8 Å². The molecule has 0 aromatic heterocycles. The Morgan fingerprint density at radius 3 is 2.10 bits per heavy atom. The molecule has 0 heterocycles. The highest BCUT2D eigenvalue weighted by molar-refractivity contribution is 5.15. The number of hydrogen-bond donors (Lipinski definition) is 1. The largest absolute Gasteiger partial charge is 0.326 e. The maximum absolute atomic E-state index is 8.75. The molecule has 0 aliphatic heterocycles. The summed E-state index contributed by atoms with van der Waals surface area (Å²) >= 11 is 0. The lowest BCUT2D eigenvalue weighted by molar-refractivity contribution is 0.385. The normalized spacial score (nSPS) is 23.9. The topological polar surface area (TPSA) is 49.8 Å². The second-order valence-electron chi connectivity index (χ2n) is 3.54. The van der Waals surface area contributed by atoms with E-state index in [0.717, 1.165) is 12.8 Å². The van der Waals surface area contributed by atoms with Crippen LogP contribution in [0.1, 0.15) is 26.7 Å². The van der Waals surface area contributed by atoms with Crippen molar-refractivity contribution < 1.29 is 0 Å². The lowest BCUT2D eigenvalue weighted by Crippen LogP contribution is -2.35. The Labute approximate surface area is 62.0 Å². The Hall–Kier alpha value is -0.550. The molecule has 56 valence electrons. The third kappa shape index (κ3) is 1.02. The van der Waals surface area contributed by atoms with Crippen LogP contribution in [0.5, 0.6) is 0 Å². The van der Waals surface area contributed by atoms with Crippen molar-refractivity contribution in [1.82, 2.24) is 0 Å². The molecule has 0 aromatic rings. The van der Waals surface area contributed by atoms with E-state index in [2.05, 4.69) is 19.9 Å². The van der Waals surface area contributed by atoms with Gasteiger partial charge in [-0.15, -0.1) is 0 Å². The van der Waals surface area contributed by atoms with Gasteiger partial charge in [0.05, 0.1) is 11.5 Å². The van der Waals surface area contributed by atoms with Crippen LogP contribution in [0.4, 0.5) is 0 Å². The Morgan fingerprint density at radius 2 is 2.00 bits per heavy atom. The number of rotatable bonds is 2. The van der Waals surface area contributed by atoms with E-state index in [4.69, 9.17) is 11.0 Å². The van der Waals surface area contributed by atoms with Crippen molar-refractivity contribution in [2.45, 2.75) is 32.7 Å². The molecular weight excluding hydrogens is 124 g/mol. The molecule has 10 heavy (non-hydrogen) atoms. The van der Waals surface area contributed by atoms with Gasteiger partial charge in [-0.25, -0.2) is 0 Å². The van der Waals surface area contributed by atoms with Gasteiger partial charge in [0.15, 0.2) is 0 Å². The molecule has 1 unspecified atom stereocenters. The fourth-order valence-electron chi connectivity index (χ4n) is 1.29. The molecule has 0 spiro atoms. The van der Waals surface area contributed by atoms with Gasteiger partial charge in [-0.3, -0.25) is 0 Å². The summed E-state index contributed by atoms with van der Waals surface area (Å²) in [7, 11) is 0. The fraction of sp³-hybridized carbons (Fsp3) is 0.875. The highest BCUT2D eigenvalue weighted by Gasteiger charge is 2.49. The minimum absolute atomic E-state index is 0.0810. The average Bonchev–Trinajstić information content (AvgIpc) is 2.66. The van der Waals surface area contributed by atoms with E-state index in [1.165, 1.54) is 0 Å². The second-order valence-corrected chi connectivity index (χ2v) is 3.54. The highest BCUT2D eigenvalue weighted by atomic mass is 14.7. The van der Waals surface area contributed by atoms with E-state index in [-0.39, 0.29) is 11.5 Å². The minimum Gasteiger partial charge on any atom is -0.326 e. The molecule has 1 aliphatic rings. The van der Waals surface area contributed by atoms with Gasteiger partial charge in [0.1, 0.15) is 0 Å². The highest BCUT2D eigenvalue weighted by Crippen LogP contribution is 2.49. The SMILES string of the molecule is CC(C)C(N)C1(C#N)CC1. The number of nitrogens with zero attached hydrogens (tertiary/aromatic N) is 1. The molecule has 0 aromatic carbocycles. The first kappa shape index (κ1) is 7.56. The number of nitriles is 1. The van der Waals surface area contributed by atoms with Crippen LogP contribution in [0.15, 0.2) is 0 Å². The molecule has 0 amide bonds. The van der Waals surface area contributed by atoms with E-state index < -0.39 is 0 Å². The van der Waals surface area contributed by atoms with E-state index in [0.29, 0.717) is 5.92 Å². The van der Waals surface area contributed by atoms with Gasteiger partial charge in [0.25, 0.3) is 0 Å². The van der Waals surface area contributed by atoms with Crippen molar-refractivity contribution in [3.63, 3.8) is 0 Å². The standard InChI is InChI=1S/C8H14N2/c1-6(2)7(10)8(5-9)3-4-8/h6-7H,3-4,10H2,1-2H3. The summed E-state index contributed by atoms with van der Waals surface area (Å²) in [6.45, 7) is 4.14. The van der Waals surface area contributed by atoms with Gasteiger partial charge >= 0.3 is 0 Å². The zero-order valence-corrected chi connectivity index (χ0v) is 6.59. The van der Waals surface area contributed by atoms with Gasteiger partial charge in [-0.1, -0.05) is 13.8 Å². The van der Waals surface area contributed by atoms with Gasteiger partial charge in [0.2, 0.25) is 0 Å². The molecule has 1 saturated carbocycles. The van der Waals surface area contributed by atoms with Crippen LogP contribution in [0.3, 0.4) is 0 Å². The van der Waals surface area contributed by atoms with Crippen molar-refractivity contribution >= 4 is 0 Å². The van der Waals surface area contributed by atoms with Crippen LogP contribution in [0, 0.1) is 22.7 Å². The Bertz CT molecular complexity index is 163. The zero-order chi connectivity index (χ0) is 7.78. The van der Waals surface area contributed by atoms with Gasteiger partial charge in [-0.2, -0.15) is 5.26 Å². The van der Waals surface area contributed by atoms with E-state index >= 15 is 0 Å². The summed E-state index contributed by atoms with van der Waals surface area (Å²) in [6, 6.07) is 2.39. The van der Waals surface area contributed by atoms with Crippen LogP contribution in [-0.2, 0) is 0 Å². The Balaban J connectivity index is 2.58. The fourth-order valence-corrected chi connectivity index (χ4v) is 1.29. The molecular formula is C8H14N2. The molecule has 2 heteroatoms. The zero-order valence-electron chi connectivity index (χ0n) is 6.59. The van der Waals surface area contributed by atoms with Crippen molar-refractivity contribution in [3.8, 4) is 6.07 Å². The van der Waals surface area contributed by atoms with Crippen LogP contribution >= 0.6 is 0 Å². The van der Waals surface area contributed by atoms with E-state index in [1.54, 1.807) is 0 Å². The summed E-state index contributed by atoms with van der Waals surface area (Å²) in [5, 5.41) is 8.75. The van der Waals surface area contributed by atoms with Crippen LogP contribution < -0.4 is 5.73 Å². The summed E-state index contributed by atoms with van der Waals surface area (Å²) in [5.41, 5.74) is 5.70. The van der Waals surface area contributed by atoms with Gasteiger partial charge < -0.3 is 5.73 Å². The predicted molar refractivity (Wildman–Crippen MR) is 40.1 cm³/mol. The Kier molecular flexibility index (Phi) is 1.70. The number of hydrogen-bond acceptors (Lipinski definition) is 2.